The number of carbonyl (C=O) groups is 3. The minimum absolute atomic E-state index is 0.0923. The Bertz CT molecular complexity index is 962. The third-order valence-electron chi connectivity index (χ3n) is 5.33. The lowest BCUT2D eigenvalue weighted by molar-refractivity contribution is -0.142. The van der Waals surface area contributed by atoms with Gasteiger partial charge in [0.05, 0.1) is 25.4 Å². The Morgan fingerprint density at radius 3 is 2.47 bits per heavy atom. The molecule has 4 rings (SSSR count). The molecule has 0 radical (unpaired) electrons. The van der Waals surface area contributed by atoms with Crippen molar-refractivity contribution in [2.75, 3.05) is 49.6 Å². The van der Waals surface area contributed by atoms with Crippen LogP contribution >= 0.6 is 0 Å². The van der Waals surface area contributed by atoms with E-state index in [9.17, 15) is 14.4 Å². The summed E-state index contributed by atoms with van der Waals surface area (Å²) < 4.78 is 11.2. The Hall–Kier alpha value is -3.59. The van der Waals surface area contributed by atoms with E-state index in [0.717, 1.165) is 0 Å². The lowest BCUT2D eigenvalue weighted by atomic mass is 10.1. The van der Waals surface area contributed by atoms with Gasteiger partial charge in [-0.1, -0.05) is 30.3 Å². The first-order valence-corrected chi connectivity index (χ1v) is 10.6. The number of anilines is 2. The van der Waals surface area contributed by atoms with Crippen LogP contribution in [0.15, 0.2) is 54.6 Å². The fraction of sp³-hybridized carbons (Fsp3) is 0.348. The number of urea groups is 1. The fourth-order valence-corrected chi connectivity index (χ4v) is 3.70. The number of nitrogens with zero attached hydrogens (tertiary/aromatic N) is 2. The number of ether oxygens (including phenoxy) is 2. The molecule has 168 valence electrons. The molecule has 1 fully saturated rings. The molecule has 0 aromatic heterocycles. The molecule has 2 heterocycles. The maximum Gasteiger partial charge on any atom is 0.319 e. The van der Waals surface area contributed by atoms with Crippen molar-refractivity contribution in [1.29, 1.82) is 0 Å². The van der Waals surface area contributed by atoms with E-state index >= 15 is 0 Å². The largest absolute Gasteiger partial charge is 0.476 e. The number of para-hydroxylation sites is 3. The summed E-state index contributed by atoms with van der Waals surface area (Å²) in [5.41, 5.74) is 1.29. The second kappa shape index (κ2) is 10.1. The molecule has 9 nitrogen and oxygen atoms in total. The first kappa shape index (κ1) is 21.6. The topological polar surface area (TPSA) is 100 Å². The van der Waals surface area contributed by atoms with E-state index in [4.69, 9.17) is 9.47 Å². The van der Waals surface area contributed by atoms with Crippen molar-refractivity contribution in [3.05, 3.63) is 54.6 Å². The number of fused-ring (bicyclic) bond motifs is 1. The molecule has 0 bridgehead atoms. The highest BCUT2D eigenvalue weighted by molar-refractivity contribution is 5.98. The molecule has 0 unspecified atom stereocenters. The first-order chi connectivity index (χ1) is 15.6. The summed E-state index contributed by atoms with van der Waals surface area (Å²) in [5, 5.41) is 5.41. The Labute approximate surface area is 186 Å². The lowest BCUT2D eigenvalue weighted by Gasteiger charge is -2.37. The third-order valence-corrected chi connectivity index (χ3v) is 5.33. The van der Waals surface area contributed by atoms with Crippen LogP contribution in [0.25, 0.3) is 0 Å². The standard InChI is InChI=1S/C23H26N4O5/c28-21(10-11-24-23(30)25-17-6-2-1-3-7-17)27-16-20(22(29)26-12-14-31-15-13-26)32-19-9-5-4-8-18(19)27/h1-9,20H,10-16H2,(H2,24,25,30)/t20-/m0/s1. The van der Waals surface area contributed by atoms with Gasteiger partial charge in [-0.3, -0.25) is 9.59 Å². The zero-order valence-corrected chi connectivity index (χ0v) is 17.7. The lowest BCUT2D eigenvalue weighted by Crippen LogP contribution is -2.54. The Kier molecular flexibility index (Phi) is 6.86. The van der Waals surface area contributed by atoms with Gasteiger partial charge in [-0.2, -0.15) is 0 Å². The number of carbonyl (C=O) groups excluding carboxylic acids is 3. The Morgan fingerprint density at radius 1 is 0.969 bits per heavy atom. The average molecular weight is 438 g/mol. The maximum absolute atomic E-state index is 13.0. The van der Waals surface area contributed by atoms with Crippen molar-refractivity contribution in [2.24, 2.45) is 0 Å². The number of benzene rings is 2. The first-order valence-electron chi connectivity index (χ1n) is 10.6. The Balaban J connectivity index is 1.36. The van der Waals surface area contributed by atoms with Gasteiger partial charge >= 0.3 is 6.03 Å². The van der Waals surface area contributed by atoms with Crippen molar-refractivity contribution < 1.29 is 23.9 Å². The molecule has 2 N–H and O–H groups in total. The van der Waals surface area contributed by atoms with Gasteiger partial charge in [0.15, 0.2) is 6.10 Å². The van der Waals surface area contributed by atoms with E-state index in [0.29, 0.717) is 43.4 Å². The van der Waals surface area contributed by atoms with Gasteiger partial charge in [0.1, 0.15) is 5.75 Å². The SMILES string of the molecule is O=C(NCCC(=O)N1C[C@@H](C(=O)N2CCOCC2)Oc2ccccc21)Nc1ccccc1. The Morgan fingerprint density at radius 2 is 1.69 bits per heavy atom. The highest BCUT2D eigenvalue weighted by Crippen LogP contribution is 2.34. The minimum atomic E-state index is -0.777. The molecule has 2 aliphatic rings. The number of amides is 4. The fourth-order valence-electron chi connectivity index (χ4n) is 3.70. The van der Waals surface area contributed by atoms with E-state index in [1.54, 1.807) is 40.1 Å². The van der Waals surface area contributed by atoms with Crippen LogP contribution in [0, 0.1) is 0 Å². The van der Waals surface area contributed by atoms with Crippen LogP contribution in [-0.2, 0) is 14.3 Å². The van der Waals surface area contributed by atoms with Crippen LogP contribution in [0.2, 0.25) is 0 Å². The van der Waals surface area contributed by atoms with Crippen LogP contribution < -0.4 is 20.3 Å². The number of morpholine rings is 1. The molecule has 1 saturated heterocycles. The molecule has 32 heavy (non-hydrogen) atoms. The van der Waals surface area contributed by atoms with E-state index in [2.05, 4.69) is 10.6 Å². The van der Waals surface area contributed by atoms with Gasteiger partial charge in [0.2, 0.25) is 5.91 Å². The molecule has 0 spiro atoms. The zero-order valence-electron chi connectivity index (χ0n) is 17.7. The highest BCUT2D eigenvalue weighted by Gasteiger charge is 2.36. The molecule has 9 heteroatoms. The predicted molar refractivity (Wildman–Crippen MR) is 119 cm³/mol. The van der Waals surface area contributed by atoms with Gasteiger partial charge in [0.25, 0.3) is 5.91 Å². The summed E-state index contributed by atoms with van der Waals surface area (Å²) in [7, 11) is 0. The molecule has 2 aliphatic heterocycles. The molecule has 0 saturated carbocycles. The predicted octanol–water partition coefficient (Wildman–Crippen LogP) is 1.85. The van der Waals surface area contributed by atoms with Gasteiger partial charge in [0, 0.05) is 31.7 Å². The molecule has 0 aliphatic carbocycles. The summed E-state index contributed by atoms with van der Waals surface area (Å²) in [6, 6.07) is 15.8. The second-order valence-electron chi connectivity index (χ2n) is 7.51. The van der Waals surface area contributed by atoms with Crippen LogP contribution in [0.5, 0.6) is 5.75 Å². The zero-order chi connectivity index (χ0) is 22.3. The summed E-state index contributed by atoms with van der Waals surface area (Å²) in [6.07, 6.45) is -0.684. The number of hydrogen-bond acceptors (Lipinski definition) is 5. The quantitative estimate of drug-likeness (QED) is 0.742. The number of rotatable bonds is 5. The van der Waals surface area contributed by atoms with E-state index in [1.165, 1.54) is 0 Å². The molecule has 4 amide bonds. The van der Waals surface area contributed by atoms with Gasteiger partial charge in [-0.25, -0.2) is 4.79 Å². The summed E-state index contributed by atoms with van der Waals surface area (Å²) in [5.74, 6) is 0.148. The van der Waals surface area contributed by atoms with E-state index in [1.807, 2.05) is 24.3 Å². The van der Waals surface area contributed by atoms with Gasteiger partial charge in [-0.15, -0.1) is 0 Å². The summed E-state index contributed by atoms with van der Waals surface area (Å²) >= 11 is 0. The summed E-state index contributed by atoms with van der Waals surface area (Å²) in [6.45, 7) is 2.30. The van der Waals surface area contributed by atoms with Crippen LogP contribution in [0.1, 0.15) is 6.42 Å². The second-order valence-corrected chi connectivity index (χ2v) is 7.51. The van der Waals surface area contributed by atoms with Crippen molar-refractivity contribution in [2.45, 2.75) is 12.5 Å². The average Bonchev–Trinajstić information content (AvgIpc) is 2.84. The van der Waals surface area contributed by atoms with Crippen LogP contribution in [0.3, 0.4) is 0 Å². The minimum Gasteiger partial charge on any atom is -0.476 e. The van der Waals surface area contributed by atoms with Crippen molar-refractivity contribution >= 4 is 29.2 Å². The van der Waals surface area contributed by atoms with E-state index < -0.39 is 6.10 Å². The van der Waals surface area contributed by atoms with E-state index in [-0.39, 0.29) is 37.4 Å². The molecule has 1 atom stereocenters. The van der Waals surface area contributed by atoms with Gasteiger partial charge in [-0.05, 0) is 24.3 Å². The molecular formula is C23H26N4O5. The third kappa shape index (κ3) is 5.17. The number of hydrogen-bond donors (Lipinski definition) is 2. The highest BCUT2D eigenvalue weighted by atomic mass is 16.5. The number of nitrogens with one attached hydrogen (secondary N) is 2. The van der Waals surface area contributed by atoms with Crippen LogP contribution in [-0.4, -0.2) is 68.2 Å². The van der Waals surface area contributed by atoms with Gasteiger partial charge < -0.3 is 29.9 Å². The van der Waals surface area contributed by atoms with Crippen molar-refractivity contribution in [3.8, 4) is 5.75 Å². The monoisotopic (exact) mass is 438 g/mol. The molecule has 2 aromatic carbocycles. The normalized spacial score (nSPS) is 17.7. The maximum atomic E-state index is 13.0. The van der Waals surface area contributed by atoms with Crippen molar-refractivity contribution in [1.82, 2.24) is 10.2 Å². The molecule has 2 aromatic rings. The summed E-state index contributed by atoms with van der Waals surface area (Å²) in [4.78, 5) is 41.3. The van der Waals surface area contributed by atoms with Crippen LogP contribution in [0.4, 0.5) is 16.2 Å². The smallest absolute Gasteiger partial charge is 0.319 e. The van der Waals surface area contributed by atoms with Crippen molar-refractivity contribution in [3.63, 3.8) is 0 Å². The molecular weight excluding hydrogens is 412 g/mol.